The van der Waals surface area contributed by atoms with Crippen molar-refractivity contribution in [3.05, 3.63) is 58.3 Å². The second kappa shape index (κ2) is 8.59. The molecule has 0 unspecified atom stereocenters. The summed E-state index contributed by atoms with van der Waals surface area (Å²) in [7, 11) is 0. The first kappa shape index (κ1) is 18.1. The fourth-order valence-electron chi connectivity index (χ4n) is 2.30. The maximum absolute atomic E-state index is 12.4. The van der Waals surface area contributed by atoms with Crippen molar-refractivity contribution >= 4 is 33.4 Å². The van der Waals surface area contributed by atoms with Crippen LogP contribution in [0.1, 0.15) is 18.1 Å². The van der Waals surface area contributed by atoms with Gasteiger partial charge in [0.25, 0.3) is 0 Å². The largest absolute Gasteiger partial charge is 0.334 e. The van der Waals surface area contributed by atoms with Crippen molar-refractivity contribution in [1.82, 2.24) is 9.88 Å². The van der Waals surface area contributed by atoms with Crippen LogP contribution in [-0.2, 0) is 16.0 Å². The third-order valence-corrected chi connectivity index (χ3v) is 4.21. The SMILES string of the molecule is CCN(CCc1ccncc1)C(=O)C(=O)Nc1ccc(Br)cc1C. The zero-order valence-corrected chi connectivity index (χ0v) is 15.3. The number of aromatic nitrogens is 1. The summed E-state index contributed by atoms with van der Waals surface area (Å²) in [5, 5.41) is 2.69. The van der Waals surface area contributed by atoms with Crippen molar-refractivity contribution in [2.24, 2.45) is 0 Å². The van der Waals surface area contributed by atoms with E-state index in [1.165, 1.54) is 0 Å². The van der Waals surface area contributed by atoms with Crippen LogP contribution in [0.2, 0.25) is 0 Å². The summed E-state index contributed by atoms with van der Waals surface area (Å²) in [5.74, 6) is -1.13. The highest BCUT2D eigenvalue weighted by Crippen LogP contribution is 2.20. The molecule has 5 nitrogen and oxygen atoms in total. The molecule has 1 N–H and O–H groups in total. The Kier molecular flexibility index (Phi) is 6.49. The molecule has 126 valence electrons. The number of anilines is 1. The number of hydrogen-bond donors (Lipinski definition) is 1. The lowest BCUT2D eigenvalue weighted by atomic mass is 10.2. The third kappa shape index (κ3) is 4.89. The highest BCUT2D eigenvalue weighted by molar-refractivity contribution is 9.10. The summed E-state index contributed by atoms with van der Waals surface area (Å²) < 4.78 is 0.928. The van der Waals surface area contributed by atoms with Gasteiger partial charge in [0, 0.05) is 35.6 Å². The molecule has 0 saturated carbocycles. The van der Waals surface area contributed by atoms with E-state index in [1.807, 2.05) is 38.1 Å². The molecule has 0 fully saturated rings. The normalized spacial score (nSPS) is 10.3. The summed E-state index contributed by atoms with van der Waals surface area (Å²) in [6, 6.07) is 9.31. The third-order valence-electron chi connectivity index (χ3n) is 3.72. The first-order chi connectivity index (χ1) is 11.5. The summed E-state index contributed by atoms with van der Waals surface area (Å²) >= 11 is 3.38. The minimum Gasteiger partial charge on any atom is -0.334 e. The number of rotatable bonds is 5. The summed E-state index contributed by atoms with van der Waals surface area (Å²) in [6.07, 6.45) is 4.12. The second-order valence-electron chi connectivity index (χ2n) is 5.40. The molecule has 1 aromatic carbocycles. The number of aryl methyl sites for hydroxylation is 1. The van der Waals surface area contributed by atoms with E-state index >= 15 is 0 Å². The second-order valence-corrected chi connectivity index (χ2v) is 6.32. The lowest BCUT2D eigenvalue weighted by Crippen LogP contribution is -2.40. The minimum atomic E-state index is -0.614. The maximum Gasteiger partial charge on any atom is 0.313 e. The van der Waals surface area contributed by atoms with Gasteiger partial charge in [0.2, 0.25) is 0 Å². The number of amides is 2. The van der Waals surface area contributed by atoms with Crippen LogP contribution in [0.4, 0.5) is 5.69 Å². The lowest BCUT2D eigenvalue weighted by Gasteiger charge is -2.20. The number of pyridine rings is 1. The van der Waals surface area contributed by atoms with Crippen LogP contribution in [0.5, 0.6) is 0 Å². The Balaban J connectivity index is 1.98. The van der Waals surface area contributed by atoms with Gasteiger partial charge < -0.3 is 10.2 Å². The molecule has 2 aromatic rings. The van der Waals surface area contributed by atoms with Gasteiger partial charge >= 0.3 is 11.8 Å². The van der Waals surface area contributed by atoms with Crippen molar-refractivity contribution in [2.45, 2.75) is 20.3 Å². The molecule has 2 rings (SSSR count). The van der Waals surface area contributed by atoms with E-state index in [-0.39, 0.29) is 0 Å². The predicted molar refractivity (Wildman–Crippen MR) is 97.7 cm³/mol. The molecule has 0 bridgehead atoms. The summed E-state index contributed by atoms with van der Waals surface area (Å²) in [6.45, 7) is 4.72. The summed E-state index contributed by atoms with van der Waals surface area (Å²) in [4.78, 5) is 30.1. The topological polar surface area (TPSA) is 62.3 Å². The van der Waals surface area contributed by atoms with E-state index in [4.69, 9.17) is 0 Å². The highest BCUT2D eigenvalue weighted by atomic mass is 79.9. The van der Waals surface area contributed by atoms with Crippen molar-refractivity contribution in [1.29, 1.82) is 0 Å². The summed E-state index contributed by atoms with van der Waals surface area (Å²) in [5.41, 5.74) is 2.62. The van der Waals surface area contributed by atoms with Gasteiger partial charge in [0.15, 0.2) is 0 Å². The van der Waals surface area contributed by atoms with Crippen LogP contribution in [0.25, 0.3) is 0 Å². The van der Waals surface area contributed by atoms with Gasteiger partial charge in [-0.05, 0) is 61.7 Å². The average molecular weight is 390 g/mol. The van der Waals surface area contributed by atoms with Crippen LogP contribution in [0, 0.1) is 6.92 Å². The number of likely N-dealkylation sites (N-methyl/N-ethyl adjacent to an activating group) is 1. The van der Waals surface area contributed by atoms with Crippen LogP contribution < -0.4 is 5.32 Å². The molecule has 1 aromatic heterocycles. The predicted octanol–water partition coefficient (Wildman–Crippen LogP) is 3.18. The number of nitrogens with zero attached hydrogens (tertiary/aromatic N) is 2. The maximum atomic E-state index is 12.4. The van der Waals surface area contributed by atoms with Crippen LogP contribution in [0.3, 0.4) is 0 Å². The fourth-order valence-corrected chi connectivity index (χ4v) is 2.78. The van der Waals surface area contributed by atoms with Gasteiger partial charge in [-0.25, -0.2) is 0 Å². The molecule has 0 saturated heterocycles. The molecule has 0 aliphatic heterocycles. The van der Waals surface area contributed by atoms with Crippen LogP contribution in [-0.4, -0.2) is 34.8 Å². The zero-order valence-electron chi connectivity index (χ0n) is 13.8. The molecule has 0 atom stereocenters. The first-order valence-corrected chi connectivity index (χ1v) is 8.56. The molecule has 2 amide bonds. The van der Waals surface area contributed by atoms with Gasteiger partial charge in [0.1, 0.15) is 0 Å². The van der Waals surface area contributed by atoms with Crippen molar-refractivity contribution in [2.75, 3.05) is 18.4 Å². The number of halogens is 1. The van der Waals surface area contributed by atoms with Gasteiger partial charge in [-0.3, -0.25) is 14.6 Å². The molecule has 0 radical (unpaired) electrons. The number of nitrogens with one attached hydrogen (secondary N) is 1. The Morgan fingerprint density at radius 2 is 1.92 bits per heavy atom. The van der Waals surface area contributed by atoms with Crippen molar-refractivity contribution in [3.63, 3.8) is 0 Å². The molecular formula is C18H20BrN3O2. The number of carbonyl (C=O) groups excluding carboxylic acids is 2. The van der Waals surface area contributed by atoms with E-state index in [0.29, 0.717) is 25.2 Å². The molecule has 1 heterocycles. The van der Waals surface area contributed by atoms with Crippen LogP contribution in [0.15, 0.2) is 47.2 Å². The highest BCUT2D eigenvalue weighted by Gasteiger charge is 2.21. The monoisotopic (exact) mass is 389 g/mol. The van der Waals surface area contributed by atoms with E-state index < -0.39 is 11.8 Å². The number of carbonyl (C=O) groups is 2. The molecule has 0 aliphatic rings. The fraction of sp³-hybridized carbons (Fsp3) is 0.278. The zero-order chi connectivity index (χ0) is 17.5. The van der Waals surface area contributed by atoms with Crippen molar-refractivity contribution in [3.8, 4) is 0 Å². The van der Waals surface area contributed by atoms with Gasteiger partial charge in [-0.15, -0.1) is 0 Å². The Morgan fingerprint density at radius 1 is 1.21 bits per heavy atom. The number of benzene rings is 1. The molecule has 6 heteroatoms. The van der Waals surface area contributed by atoms with Crippen molar-refractivity contribution < 1.29 is 9.59 Å². The molecule has 0 spiro atoms. The quantitative estimate of drug-likeness (QED) is 0.798. The Bertz CT molecular complexity index is 719. The Labute approximate surface area is 150 Å². The van der Waals surface area contributed by atoms with Gasteiger partial charge in [0.05, 0.1) is 0 Å². The Hall–Kier alpha value is -2.21. The smallest absolute Gasteiger partial charge is 0.313 e. The molecule has 0 aliphatic carbocycles. The van der Waals surface area contributed by atoms with E-state index in [0.717, 1.165) is 15.6 Å². The Morgan fingerprint density at radius 3 is 2.54 bits per heavy atom. The lowest BCUT2D eigenvalue weighted by molar-refractivity contribution is -0.143. The van der Waals surface area contributed by atoms with Crippen LogP contribution >= 0.6 is 15.9 Å². The van der Waals surface area contributed by atoms with E-state index in [2.05, 4.69) is 26.2 Å². The molecule has 24 heavy (non-hydrogen) atoms. The number of hydrogen-bond acceptors (Lipinski definition) is 3. The van der Waals surface area contributed by atoms with Gasteiger partial charge in [-0.2, -0.15) is 0 Å². The average Bonchev–Trinajstić information content (AvgIpc) is 2.58. The molecular weight excluding hydrogens is 370 g/mol. The van der Waals surface area contributed by atoms with Gasteiger partial charge in [-0.1, -0.05) is 15.9 Å². The van der Waals surface area contributed by atoms with E-state index in [9.17, 15) is 9.59 Å². The standard InChI is InChI=1S/C18H20BrN3O2/c1-3-22(11-8-14-6-9-20-10-7-14)18(24)17(23)21-16-5-4-15(19)12-13(16)2/h4-7,9-10,12H,3,8,11H2,1-2H3,(H,21,23). The first-order valence-electron chi connectivity index (χ1n) is 7.76. The van der Waals surface area contributed by atoms with E-state index in [1.54, 1.807) is 23.4 Å². The minimum absolute atomic E-state index is 0.483.